The van der Waals surface area contributed by atoms with Crippen LogP contribution in [0.3, 0.4) is 0 Å². The number of nitrogens with one attached hydrogen (secondary N) is 1. The van der Waals surface area contributed by atoms with Crippen molar-refractivity contribution in [1.82, 2.24) is 9.97 Å². The number of urea groups is 1. The number of halogens is 2. The molecule has 1 saturated heterocycles. The third-order valence-electron chi connectivity index (χ3n) is 5.23. The van der Waals surface area contributed by atoms with E-state index in [1.807, 2.05) is 36.4 Å². The van der Waals surface area contributed by atoms with Crippen molar-refractivity contribution < 1.29 is 4.79 Å². The number of carbonyl (C=O) groups excluding carboxylic acids is 1. The van der Waals surface area contributed by atoms with Crippen LogP contribution in [-0.2, 0) is 0 Å². The van der Waals surface area contributed by atoms with Crippen LogP contribution in [0.2, 0.25) is 10.0 Å². The highest BCUT2D eigenvalue weighted by Gasteiger charge is 2.40. The standard InChI is InChI=1S/C21H17Cl2N5O/c22-14-9-13(10-15(23)11-14)17-4-5-18-20(25-17)28(16-6-8-27(18)12-16)21(29)26-19-3-1-2-7-24-19/h1-5,7,9-11,16H,6,8,12H2,(H,24,26,29)/t16-/m0/s1. The Morgan fingerprint density at radius 2 is 1.93 bits per heavy atom. The summed E-state index contributed by atoms with van der Waals surface area (Å²) in [6, 6.07) is 14.5. The van der Waals surface area contributed by atoms with Crippen molar-refractivity contribution in [3.8, 4) is 11.3 Å². The molecule has 8 heteroatoms. The first kappa shape index (κ1) is 18.2. The molecule has 2 amide bonds. The van der Waals surface area contributed by atoms with E-state index in [-0.39, 0.29) is 12.1 Å². The maximum absolute atomic E-state index is 13.1. The molecule has 29 heavy (non-hydrogen) atoms. The first-order valence-electron chi connectivity index (χ1n) is 9.32. The van der Waals surface area contributed by atoms with E-state index in [0.29, 0.717) is 27.4 Å². The van der Waals surface area contributed by atoms with Gasteiger partial charge in [0.05, 0.1) is 17.4 Å². The Hall–Kier alpha value is -2.83. The fourth-order valence-corrected chi connectivity index (χ4v) is 4.47. The van der Waals surface area contributed by atoms with Crippen LogP contribution in [0, 0.1) is 0 Å². The van der Waals surface area contributed by atoms with Crippen LogP contribution in [-0.4, -0.2) is 35.1 Å². The molecule has 0 spiro atoms. The van der Waals surface area contributed by atoms with Crippen LogP contribution >= 0.6 is 23.2 Å². The Labute approximate surface area is 178 Å². The zero-order valence-corrected chi connectivity index (χ0v) is 16.9. The minimum Gasteiger partial charge on any atom is -0.366 e. The van der Waals surface area contributed by atoms with Gasteiger partial charge in [-0.05, 0) is 48.9 Å². The largest absolute Gasteiger partial charge is 0.366 e. The van der Waals surface area contributed by atoms with Gasteiger partial charge in [0.15, 0.2) is 5.82 Å². The molecule has 1 fully saturated rings. The molecule has 0 radical (unpaired) electrons. The summed E-state index contributed by atoms with van der Waals surface area (Å²) in [5.41, 5.74) is 2.47. The number of rotatable bonds is 2. The second-order valence-corrected chi connectivity index (χ2v) is 7.97. The van der Waals surface area contributed by atoms with Crippen LogP contribution in [0.5, 0.6) is 0 Å². The quantitative estimate of drug-likeness (QED) is 0.621. The number of hydrogen-bond acceptors (Lipinski definition) is 4. The lowest BCUT2D eigenvalue weighted by Gasteiger charge is -2.35. The summed E-state index contributed by atoms with van der Waals surface area (Å²) in [6.07, 6.45) is 2.54. The zero-order chi connectivity index (χ0) is 20.0. The number of anilines is 3. The van der Waals surface area contributed by atoms with Gasteiger partial charge in [-0.25, -0.2) is 14.8 Å². The van der Waals surface area contributed by atoms with Crippen LogP contribution in [0.25, 0.3) is 11.3 Å². The molecule has 5 rings (SSSR count). The van der Waals surface area contributed by atoms with Crippen LogP contribution in [0.4, 0.5) is 22.1 Å². The van der Waals surface area contributed by atoms with Crippen LogP contribution < -0.4 is 15.1 Å². The summed E-state index contributed by atoms with van der Waals surface area (Å²) in [7, 11) is 0. The second kappa shape index (κ2) is 7.21. The lowest BCUT2D eigenvalue weighted by Crippen LogP contribution is -2.48. The number of benzene rings is 1. The lowest BCUT2D eigenvalue weighted by atomic mass is 10.1. The van der Waals surface area contributed by atoms with Crippen molar-refractivity contribution >= 4 is 46.6 Å². The van der Waals surface area contributed by atoms with Gasteiger partial charge in [-0.15, -0.1) is 0 Å². The number of carbonyl (C=O) groups is 1. The molecular formula is C21H17Cl2N5O. The van der Waals surface area contributed by atoms with Crippen molar-refractivity contribution in [3.05, 3.63) is 64.8 Å². The van der Waals surface area contributed by atoms with Gasteiger partial charge in [-0.2, -0.15) is 0 Å². The molecule has 0 unspecified atom stereocenters. The Bertz CT molecular complexity index is 1070. The highest BCUT2D eigenvalue weighted by molar-refractivity contribution is 6.35. The molecule has 3 aromatic rings. The molecule has 0 saturated carbocycles. The topological polar surface area (TPSA) is 61.4 Å². The van der Waals surface area contributed by atoms with Gasteiger partial charge in [-0.1, -0.05) is 29.3 Å². The molecule has 1 atom stereocenters. The second-order valence-electron chi connectivity index (χ2n) is 7.10. The van der Waals surface area contributed by atoms with Gasteiger partial charge in [-0.3, -0.25) is 10.2 Å². The number of aromatic nitrogens is 2. The Kier molecular flexibility index (Phi) is 4.53. The number of fused-ring (bicyclic) bond motifs is 4. The first-order valence-corrected chi connectivity index (χ1v) is 10.1. The molecule has 2 aliphatic heterocycles. The molecule has 0 aliphatic carbocycles. The van der Waals surface area contributed by atoms with E-state index < -0.39 is 0 Å². The minimum absolute atomic E-state index is 0.0666. The maximum atomic E-state index is 13.1. The van der Waals surface area contributed by atoms with Crippen molar-refractivity contribution in [1.29, 1.82) is 0 Å². The number of nitrogens with zero attached hydrogens (tertiary/aromatic N) is 4. The Morgan fingerprint density at radius 3 is 2.69 bits per heavy atom. The molecular weight excluding hydrogens is 409 g/mol. The van der Waals surface area contributed by atoms with Crippen LogP contribution in [0.15, 0.2) is 54.7 Å². The molecule has 6 nitrogen and oxygen atoms in total. The van der Waals surface area contributed by atoms with Gasteiger partial charge in [0, 0.05) is 34.9 Å². The summed E-state index contributed by atoms with van der Waals surface area (Å²) >= 11 is 12.3. The lowest BCUT2D eigenvalue weighted by molar-refractivity contribution is 0.254. The van der Waals surface area contributed by atoms with E-state index in [2.05, 4.69) is 15.2 Å². The monoisotopic (exact) mass is 425 g/mol. The summed E-state index contributed by atoms with van der Waals surface area (Å²) in [4.78, 5) is 26.2. The van der Waals surface area contributed by atoms with Crippen molar-refractivity contribution in [2.75, 3.05) is 28.2 Å². The zero-order valence-electron chi connectivity index (χ0n) is 15.3. The van der Waals surface area contributed by atoms with E-state index in [0.717, 1.165) is 30.8 Å². The fourth-order valence-electron chi connectivity index (χ4n) is 3.94. The van der Waals surface area contributed by atoms with Gasteiger partial charge in [0.1, 0.15) is 5.82 Å². The summed E-state index contributed by atoms with van der Waals surface area (Å²) < 4.78 is 0. The first-order chi connectivity index (χ1) is 14.1. The summed E-state index contributed by atoms with van der Waals surface area (Å²) in [6.45, 7) is 1.70. The third-order valence-corrected chi connectivity index (χ3v) is 5.67. The molecule has 2 bridgehead atoms. The smallest absolute Gasteiger partial charge is 0.329 e. The highest BCUT2D eigenvalue weighted by atomic mass is 35.5. The van der Waals surface area contributed by atoms with E-state index in [1.165, 1.54) is 0 Å². The SMILES string of the molecule is O=C(Nc1ccccn1)N1c2nc(-c3cc(Cl)cc(Cl)c3)ccc2N2CC[C@H]1C2. The average Bonchev–Trinajstić information content (AvgIpc) is 3.12. The predicted octanol–water partition coefficient (Wildman–Crippen LogP) is 5.08. The predicted molar refractivity (Wildman–Crippen MR) is 116 cm³/mol. The van der Waals surface area contributed by atoms with E-state index in [1.54, 1.807) is 23.2 Å². The molecule has 146 valence electrons. The number of amides is 2. The van der Waals surface area contributed by atoms with Gasteiger partial charge >= 0.3 is 6.03 Å². The molecule has 1 aromatic carbocycles. The van der Waals surface area contributed by atoms with Crippen molar-refractivity contribution in [2.24, 2.45) is 0 Å². The highest BCUT2D eigenvalue weighted by Crippen LogP contribution is 2.40. The van der Waals surface area contributed by atoms with E-state index in [9.17, 15) is 4.79 Å². The van der Waals surface area contributed by atoms with Crippen molar-refractivity contribution in [2.45, 2.75) is 12.5 Å². The summed E-state index contributed by atoms with van der Waals surface area (Å²) in [5, 5.41) is 3.97. The Morgan fingerprint density at radius 1 is 1.10 bits per heavy atom. The minimum atomic E-state index is -0.231. The van der Waals surface area contributed by atoms with Gasteiger partial charge in [0.2, 0.25) is 0 Å². The number of pyridine rings is 2. The van der Waals surface area contributed by atoms with E-state index in [4.69, 9.17) is 28.2 Å². The normalized spacial score (nSPS) is 17.2. The number of hydrogen-bond donors (Lipinski definition) is 1. The molecule has 2 aromatic heterocycles. The molecule has 1 N–H and O–H groups in total. The Balaban J connectivity index is 1.55. The van der Waals surface area contributed by atoms with E-state index >= 15 is 0 Å². The third kappa shape index (κ3) is 3.39. The van der Waals surface area contributed by atoms with Crippen LogP contribution in [0.1, 0.15) is 6.42 Å². The van der Waals surface area contributed by atoms with Crippen molar-refractivity contribution in [3.63, 3.8) is 0 Å². The fraction of sp³-hybridized carbons (Fsp3) is 0.190. The van der Waals surface area contributed by atoms with Gasteiger partial charge < -0.3 is 4.90 Å². The average molecular weight is 426 g/mol. The maximum Gasteiger partial charge on any atom is 0.329 e. The van der Waals surface area contributed by atoms with Gasteiger partial charge in [0.25, 0.3) is 0 Å². The molecule has 4 heterocycles. The summed E-state index contributed by atoms with van der Waals surface area (Å²) in [5.74, 6) is 1.15. The molecule has 2 aliphatic rings.